The molecule has 18 heavy (non-hydrogen) atoms. The van der Waals surface area contributed by atoms with Crippen molar-refractivity contribution in [1.29, 1.82) is 0 Å². The summed E-state index contributed by atoms with van der Waals surface area (Å²) in [6, 6.07) is 5.25. The van der Waals surface area contributed by atoms with Gasteiger partial charge < -0.3 is 10.1 Å². The fraction of sp³-hybridized carbons (Fsp3) is 0.692. The van der Waals surface area contributed by atoms with E-state index in [4.69, 9.17) is 4.74 Å². The van der Waals surface area contributed by atoms with Crippen LogP contribution in [0.15, 0.2) is 15.9 Å². The number of ether oxygens (including phenoxy) is 1. The van der Waals surface area contributed by atoms with Gasteiger partial charge in [0.2, 0.25) is 0 Å². The molecule has 3 nitrogen and oxygen atoms in total. The van der Waals surface area contributed by atoms with E-state index >= 15 is 0 Å². The Hall–Kier alpha value is 0.0600. The van der Waals surface area contributed by atoms with Gasteiger partial charge in [-0.05, 0) is 49.0 Å². The van der Waals surface area contributed by atoms with Crippen LogP contribution in [-0.2, 0) is 4.74 Å². The number of nitrogens with zero attached hydrogens (tertiary/aromatic N) is 1. The second-order valence-electron chi connectivity index (χ2n) is 4.89. The molecular weight excluding hydrogens is 312 g/mol. The molecule has 1 N–H and O–H groups in total. The third kappa shape index (κ3) is 3.14. The van der Waals surface area contributed by atoms with Crippen LogP contribution in [0.3, 0.4) is 0 Å². The number of rotatable bonds is 4. The smallest absolute Gasteiger partial charge is 0.0904 e. The zero-order valence-electron chi connectivity index (χ0n) is 11.1. The van der Waals surface area contributed by atoms with Crippen molar-refractivity contribution in [2.45, 2.75) is 32.0 Å². The van der Waals surface area contributed by atoms with Crippen molar-refractivity contribution in [2.24, 2.45) is 0 Å². The number of halogens is 1. The summed E-state index contributed by atoms with van der Waals surface area (Å²) in [5.74, 6) is 0. The molecule has 0 aromatic carbocycles. The second-order valence-corrected chi connectivity index (χ2v) is 7.38. The van der Waals surface area contributed by atoms with Crippen molar-refractivity contribution in [1.82, 2.24) is 10.2 Å². The van der Waals surface area contributed by atoms with E-state index in [1.165, 1.54) is 8.66 Å². The second kappa shape index (κ2) is 6.48. The average Bonchev–Trinajstić information content (AvgIpc) is 2.75. The Morgan fingerprint density at radius 1 is 1.56 bits per heavy atom. The van der Waals surface area contributed by atoms with Crippen LogP contribution in [0.25, 0.3) is 0 Å². The lowest BCUT2D eigenvalue weighted by atomic mass is 10.0. The highest BCUT2D eigenvalue weighted by Gasteiger charge is 2.35. The van der Waals surface area contributed by atoms with Crippen molar-refractivity contribution < 1.29 is 4.74 Å². The number of hydrogen-bond donors (Lipinski definition) is 1. The molecule has 1 aliphatic heterocycles. The van der Waals surface area contributed by atoms with E-state index in [0.29, 0.717) is 12.1 Å². The molecular formula is C13H21BrN2OS. The summed E-state index contributed by atoms with van der Waals surface area (Å²) in [4.78, 5) is 3.93. The van der Waals surface area contributed by atoms with E-state index in [1.54, 1.807) is 0 Å². The lowest BCUT2D eigenvalue weighted by molar-refractivity contribution is -0.0803. The lowest BCUT2D eigenvalue weighted by Crippen LogP contribution is -2.50. The lowest BCUT2D eigenvalue weighted by Gasteiger charge is -2.43. The molecule has 0 saturated carbocycles. The van der Waals surface area contributed by atoms with Crippen LogP contribution in [0.2, 0.25) is 0 Å². The molecule has 102 valence electrons. The molecule has 0 bridgehead atoms. The van der Waals surface area contributed by atoms with E-state index in [2.05, 4.69) is 52.1 Å². The van der Waals surface area contributed by atoms with Crippen LogP contribution in [0.4, 0.5) is 0 Å². The van der Waals surface area contributed by atoms with E-state index in [9.17, 15) is 0 Å². The Balaban J connectivity index is 2.26. The third-order valence-corrected chi connectivity index (χ3v) is 5.04. The molecule has 0 aliphatic carbocycles. The van der Waals surface area contributed by atoms with Gasteiger partial charge in [-0.15, -0.1) is 11.3 Å². The van der Waals surface area contributed by atoms with Gasteiger partial charge >= 0.3 is 0 Å². The summed E-state index contributed by atoms with van der Waals surface area (Å²) in [7, 11) is 1.99. The molecule has 1 aromatic rings. The highest BCUT2D eigenvalue weighted by atomic mass is 79.9. The van der Waals surface area contributed by atoms with Gasteiger partial charge in [0.25, 0.3) is 0 Å². The van der Waals surface area contributed by atoms with Gasteiger partial charge in [0.05, 0.1) is 22.5 Å². The molecule has 1 fully saturated rings. The average molecular weight is 333 g/mol. The first-order valence-corrected chi connectivity index (χ1v) is 8.01. The van der Waals surface area contributed by atoms with Crippen LogP contribution in [-0.4, -0.2) is 43.8 Å². The van der Waals surface area contributed by atoms with Crippen molar-refractivity contribution in [3.63, 3.8) is 0 Å². The summed E-state index contributed by atoms with van der Waals surface area (Å²) in [6.07, 6.45) is 0.233. The molecule has 2 rings (SSSR count). The highest BCUT2D eigenvalue weighted by Crippen LogP contribution is 2.36. The van der Waals surface area contributed by atoms with E-state index in [0.717, 1.165) is 19.7 Å². The number of nitrogens with one attached hydrogen (secondary N) is 1. The summed E-state index contributed by atoms with van der Waals surface area (Å²) in [5.41, 5.74) is 0. The fourth-order valence-corrected chi connectivity index (χ4v) is 4.14. The minimum Gasteiger partial charge on any atom is -0.374 e. The number of hydrogen-bond acceptors (Lipinski definition) is 4. The van der Waals surface area contributed by atoms with Gasteiger partial charge in [0.15, 0.2) is 0 Å². The Morgan fingerprint density at radius 2 is 2.33 bits per heavy atom. The Morgan fingerprint density at radius 3 is 2.89 bits per heavy atom. The molecule has 0 radical (unpaired) electrons. The molecule has 2 atom stereocenters. The quantitative estimate of drug-likeness (QED) is 0.917. The van der Waals surface area contributed by atoms with E-state index in [1.807, 2.05) is 18.4 Å². The maximum Gasteiger partial charge on any atom is 0.0904 e. The molecule has 1 aliphatic rings. The van der Waals surface area contributed by atoms with Crippen LogP contribution in [0, 0.1) is 0 Å². The molecule has 2 heterocycles. The summed E-state index contributed by atoms with van der Waals surface area (Å²) in [6.45, 7) is 7.25. The maximum absolute atomic E-state index is 5.96. The topological polar surface area (TPSA) is 24.5 Å². The third-order valence-electron chi connectivity index (χ3n) is 3.34. The minimum atomic E-state index is 0.233. The normalized spacial score (nSPS) is 25.8. The van der Waals surface area contributed by atoms with Crippen molar-refractivity contribution in [3.05, 3.63) is 20.8 Å². The molecule has 1 saturated heterocycles. The zero-order valence-corrected chi connectivity index (χ0v) is 13.6. The summed E-state index contributed by atoms with van der Waals surface area (Å²) in [5, 5.41) is 3.24. The zero-order chi connectivity index (χ0) is 13.1. The largest absolute Gasteiger partial charge is 0.374 e. The maximum atomic E-state index is 5.96. The summed E-state index contributed by atoms with van der Waals surface area (Å²) >= 11 is 5.37. The number of likely N-dealkylation sites (N-methyl/N-ethyl adjacent to an activating group) is 1. The first-order chi connectivity index (χ1) is 8.63. The predicted molar refractivity (Wildman–Crippen MR) is 80.3 cm³/mol. The monoisotopic (exact) mass is 332 g/mol. The molecule has 0 amide bonds. The van der Waals surface area contributed by atoms with Gasteiger partial charge in [0, 0.05) is 24.0 Å². The van der Waals surface area contributed by atoms with Crippen LogP contribution in [0.1, 0.15) is 24.8 Å². The fourth-order valence-electron chi connectivity index (χ4n) is 2.54. The van der Waals surface area contributed by atoms with Gasteiger partial charge in [-0.2, -0.15) is 0 Å². The summed E-state index contributed by atoms with van der Waals surface area (Å²) < 4.78 is 7.15. The van der Waals surface area contributed by atoms with Crippen LogP contribution >= 0.6 is 27.3 Å². The number of morpholine rings is 1. The highest BCUT2D eigenvalue weighted by molar-refractivity contribution is 9.11. The Kier molecular flexibility index (Phi) is 5.21. The molecule has 1 aromatic heterocycles. The van der Waals surface area contributed by atoms with Gasteiger partial charge in [-0.25, -0.2) is 0 Å². The number of thiophene rings is 1. The van der Waals surface area contributed by atoms with Gasteiger partial charge in [-0.3, -0.25) is 4.90 Å². The van der Waals surface area contributed by atoms with Crippen LogP contribution < -0.4 is 5.32 Å². The standard InChI is InChI=1S/C13H21BrN2OS/c1-9(2)16-6-7-17-10(8-15-3)13(16)11-4-5-12(14)18-11/h4-5,9-10,13,15H,6-8H2,1-3H3. The first-order valence-electron chi connectivity index (χ1n) is 6.40. The predicted octanol–water partition coefficient (Wildman–Crippen LogP) is 2.88. The SMILES string of the molecule is CNCC1OCCN(C(C)C)C1c1ccc(Br)s1. The molecule has 2 unspecified atom stereocenters. The minimum absolute atomic E-state index is 0.233. The Bertz CT molecular complexity index is 381. The van der Waals surface area contributed by atoms with Crippen molar-refractivity contribution >= 4 is 27.3 Å². The van der Waals surface area contributed by atoms with Crippen LogP contribution in [0.5, 0.6) is 0 Å². The first kappa shape index (κ1) is 14.5. The van der Waals surface area contributed by atoms with E-state index in [-0.39, 0.29) is 6.10 Å². The van der Waals surface area contributed by atoms with E-state index < -0.39 is 0 Å². The Labute approximate surface area is 122 Å². The van der Waals surface area contributed by atoms with Crippen molar-refractivity contribution in [3.8, 4) is 0 Å². The van der Waals surface area contributed by atoms with Gasteiger partial charge in [0.1, 0.15) is 0 Å². The van der Waals surface area contributed by atoms with Crippen molar-refractivity contribution in [2.75, 3.05) is 26.7 Å². The van der Waals surface area contributed by atoms with Gasteiger partial charge in [-0.1, -0.05) is 0 Å². The molecule has 5 heteroatoms. The molecule has 0 spiro atoms.